The monoisotopic (exact) mass is 690 g/mol. The molecule has 3 unspecified atom stereocenters. The maximum absolute atomic E-state index is 13.8. The van der Waals surface area contributed by atoms with E-state index in [9.17, 15) is 48.9 Å². The molecule has 2 aliphatic rings. The molecule has 1 aliphatic heterocycles. The summed E-state index contributed by atoms with van der Waals surface area (Å²) >= 11 is 0. The molecule has 0 aromatic rings. The molecule has 0 radical (unpaired) electrons. The minimum absolute atomic E-state index is 0.00359. The number of hydrogen-bond acceptors (Lipinski definition) is 10. The summed E-state index contributed by atoms with van der Waals surface area (Å²) in [5.41, 5.74) is -0.194. The Morgan fingerprint density at radius 1 is 0.939 bits per heavy atom. The number of aliphatic carboxylic acids is 1. The van der Waals surface area contributed by atoms with Crippen LogP contribution in [0.25, 0.3) is 0 Å². The van der Waals surface area contributed by atoms with Crippen molar-refractivity contribution in [3.05, 3.63) is 11.3 Å². The Bertz CT molecular complexity index is 1330. The van der Waals surface area contributed by atoms with E-state index in [4.69, 9.17) is 0 Å². The molecule has 1 saturated heterocycles. The predicted molar refractivity (Wildman–Crippen MR) is 181 cm³/mol. The van der Waals surface area contributed by atoms with Crippen LogP contribution in [0, 0.1) is 23.2 Å². The third kappa shape index (κ3) is 13.1. The molecule has 3 amide bonds. The summed E-state index contributed by atoms with van der Waals surface area (Å²) in [5, 5.41) is 38.9. The number of ketones is 3. The lowest BCUT2D eigenvalue weighted by Crippen LogP contribution is -2.48. The van der Waals surface area contributed by atoms with Crippen molar-refractivity contribution in [3.63, 3.8) is 0 Å². The van der Waals surface area contributed by atoms with Crippen molar-refractivity contribution in [3.8, 4) is 0 Å². The molecule has 1 fully saturated rings. The first-order valence-corrected chi connectivity index (χ1v) is 17.1. The van der Waals surface area contributed by atoms with Crippen molar-refractivity contribution >= 4 is 46.8 Å². The van der Waals surface area contributed by atoms with Gasteiger partial charge in [0.2, 0.25) is 17.7 Å². The lowest BCUT2D eigenvalue weighted by atomic mass is 9.75. The quantitative estimate of drug-likeness (QED) is 0.204. The number of aliphatic hydroxyl groups excluding tert-OH is 2. The molecule has 0 aromatic carbocycles. The molecule has 49 heavy (non-hydrogen) atoms. The first-order valence-electron chi connectivity index (χ1n) is 17.1. The van der Waals surface area contributed by atoms with E-state index in [1.807, 2.05) is 13.8 Å². The van der Waals surface area contributed by atoms with Crippen molar-refractivity contribution in [2.24, 2.45) is 28.2 Å². The molecule has 0 bridgehead atoms. The van der Waals surface area contributed by atoms with E-state index in [1.54, 1.807) is 13.8 Å². The molecule has 0 aromatic heterocycles. The van der Waals surface area contributed by atoms with Gasteiger partial charge in [0, 0.05) is 57.3 Å². The van der Waals surface area contributed by atoms with E-state index in [-0.39, 0.29) is 73.8 Å². The van der Waals surface area contributed by atoms with Gasteiger partial charge in [0.1, 0.15) is 11.8 Å². The number of carboxylic acids is 1. The number of amides is 3. The van der Waals surface area contributed by atoms with Gasteiger partial charge in [0.05, 0.1) is 29.6 Å². The van der Waals surface area contributed by atoms with Crippen LogP contribution < -0.4 is 16.0 Å². The van der Waals surface area contributed by atoms with Crippen LogP contribution in [0.4, 0.5) is 0 Å². The average Bonchev–Trinajstić information content (AvgIpc) is 2.97. The van der Waals surface area contributed by atoms with Crippen LogP contribution in [-0.2, 0) is 33.6 Å². The minimum Gasteiger partial charge on any atom is -0.511 e. The fourth-order valence-corrected chi connectivity index (χ4v) is 6.15. The third-order valence-corrected chi connectivity index (χ3v) is 9.08. The lowest BCUT2D eigenvalue weighted by molar-refractivity contribution is -0.146. The number of carbonyl (C=O) groups is 7. The Morgan fingerprint density at radius 2 is 1.57 bits per heavy atom. The number of nitrogens with one attached hydrogen (secondary N) is 3. The number of allylic oxidation sites excluding steroid dienone is 2. The highest BCUT2D eigenvalue weighted by Gasteiger charge is 2.36. The van der Waals surface area contributed by atoms with Gasteiger partial charge in [-0.05, 0) is 50.9 Å². The van der Waals surface area contributed by atoms with Gasteiger partial charge in [0.25, 0.3) is 0 Å². The molecule has 2 rings (SSSR count). The highest BCUT2D eigenvalue weighted by Crippen LogP contribution is 2.36. The summed E-state index contributed by atoms with van der Waals surface area (Å²) in [6, 6.07) is -2.33. The van der Waals surface area contributed by atoms with Crippen molar-refractivity contribution < 1.29 is 48.9 Å². The van der Waals surface area contributed by atoms with Crippen LogP contribution in [0.5, 0.6) is 0 Å². The topological polar surface area (TPSA) is 229 Å². The summed E-state index contributed by atoms with van der Waals surface area (Å²) in [4.78, 5) is 94.9. The van der Waals surface area contributed by atoms with Crippen LogP contribution in [0.1, 0.15) is 106 Å². The number of aliphatic imine (C=N–C) groups is 1. The van der Waals surface area contributed by atoms with Gasteiger partial charge < -0.3 is 31.3 Å². The van der Waals surface area contributed by atoms with Gasteiger partial charge in [-0.2, -0.15) is 0 Å². The van der Waals surface area contributed by atoms with E-state index in [0.29, 0.717) is 19.4 Å². The van der Waals surface area contributed by atoms with Gasteiger partial charge >= 0.3 is 5.97 Å². The minimum atomic E-state index is -1.34. The van der Waals surface area contributed by atoms with Crippen molar-refractivity contribution in [2.45, 2.75) is 124 Å². The van der Waals surface area contributed by atoms with Crippen LogP contribution in [0.2, 0.25) is 0 Å². The highest BCUT2D eigenvalue weighted by atomic mass is 16.4. The first-order chi connectivity index (χ1) is 22.8. The van der Waals surface area contributed by atoms with Crippen molar-refractivity contribution in [2.75, 3.05) is 13.1 Å². The van der Waals surface area contributed by atoms with Crippen LogP contribution >= 0.6 is 0 Å². The second-order valence-corrected chi connectivity index (χ2v) is 14.4. The van der Waals surface area contributed by atoms with E-state index >= 15 is 0 Å². The Hall–Kier alpha value is -3.94. The summed E-state index contributed by atoms with van der Waals surface area (Å²) < 4.78 is 0. The van der Waals surface area contributed by atoms with Crippen LogP contribution in [-0.4, -0.2) is 93.3 Å². The maximum Gasteiger partial charge on any atom is 0.307 e. The number of hydrogen-bond donors (Lipinski definition) is 6. The predicted octanol–water partition coefficient (Wildman–Crippen LogP) is 2.36. The Balaban J connectivity index is 2.45. The smallest absolute Gasteiger partial charge is 0.307 e. The zero-order valence-electron chi connectivity index (χ0n) is 29.6. The number of nitrogens with zero attached hydrogens (tertiary/aromatic N) is 1. The summed E-state index contributed by atoms with van der Waals surface area (Å²) in [6.45, 7) is 10.2. The van der Waals surface area contributed by atoms with Gasteiger partial charge in [-0.25, -0.2) is 0 Å². The molecular formula is C35H54N4O10. The highest BCUT2D eigenvalue weighted by molar-refractivity contribution is 6.22. The van der Waals surface area contributed by atoms with Crippen molar-refractivity contribution in [1.82, 2.24) is 16.0 Å². The molecule has 14 nitrogen and oxygen atoms in total. The van der Waals surface area contributed by atoms with Gasteiger partial charge in [0.15, 0.2) is 17.3 Å². The zero-order valence-corrected chi connectivity index (χ0v) is 29.6. The largest absolute Gasteiger partial charge is 0.511 e. The number of carbonyl (C=O) groups excluding carboxylic acids is 6. The van der Waals surface area contributed by atoms with E-state index in [1.165, 1.54) is 13.8 Å². The number of rotatable bonds is 8. The molecule has 5 atom stereocenters. The fourth-order valence-electron chi connectivity index (χ4n) is 6.15. The summed E-state index contributed by atoms with van der Waals surface area (Å²) in [5.74, 6) is -7.07. The van der Waals surface area contributed by atoms with Crippen LogP contribution in [0.15, 0.2) is 16.3 Å². The normalized spacial score (nSPS) is 25.7. The number of Topliss-reactive ketones (excluding diaryl/α,β-unsaturated/α-hetero) is 3. The second-order valence-electron chi connectivity index (χ2n) is 14.4. The molecule has 0 saturated carbocycles. The number of aliphatic hydroxyl groups is 2. The third-order valence-electron chi connectivity index (χ3n) is 9.08. The Labute approximate surface area is 288 Å². The summed E-state index contributed by atoms with van der Waals surface area (Å²) in [6.07, 6.45) is -1.06. The van der Waals surface area contributed by atoms with Crippen molar-refractivity contribution in [1.29, 1.82) is 0 Å². The first kappa shape index (κ1) is 41.2. The zero-order chi connectivity index (χ0) is 37.1. The number of carboxylic acid groups (broad SMARTS) is 1. The standard InChI is InChI=1S/C35H54N4O10/c1-19(2)22(34(48)49)15-26(41)25-10-11-30(45)37-14-12-31(46)36-13-8-7-9-24(27(42)16-23(21(4)40)33(47)39-25)38-20(3)32-28(43)17-35(5,6)18-29(32)44/h19,21-25,40,43H,7-18H2,1-6H3,(H,36,46)(H,37,45)(H,39,47)(H,48,49)/t21?,22?,23?,24-,25-/m0/s1. The Morgan fingerprint density at radius 3 is 2.16 bits per heavy atom. The molecule has 1 heterocycles. The lowest BCUT2D eigenvalue weighted by Gasteiger charge is -2.29. The van der Waals surface area contributed by atoms with E-state index in [0.717, 1.165) is 0 Å². The second kappa shape index (κ2) is 18.7. The molecule has 1 aliphatic carbocycles. The van der Waals surface area contributed by atoms with Gasteiger partial charge in [-0.15, -0.1) is 0 Å². The maximum atomic E-state index is 13.8. The Kier molecular flexibility index (Phi) is 15.8. The average molecular weight is 691 g/mol. The molecular weight excluding hydrogens is 636 g/mol. The van der Waals surface area contributed by atoms with E-state index < -0.39 is 83.5 Å². The van der Waals surface area contributed by atoms with E-state index in [2.05, 4.69) is 20.9 Å². The van der Waals surface area contributed by atoms with Crippen LogP contribution in [0.3, 0.4) is 0 Å². The molecule has 14 heteroatoms. The molecule has 0 spiro atoms. The SMILES string of the molecule is CC(=N[C@H]1CCCCNC(=O)CCNC(=O)CC[C@@H](C(=O)CC(C(=O)O)C(C)C)NC(=O)C(C(C)O)CC1=O)C1=C(O)CC(C)(C)CC1=O. The molecule has 274 valence electrons. The summed E-state index contributed by atoms with van der Waals surface area (Å²) in [7, 11) is 0. The van der Waals surface area contributed by atoms with Gasteiger partial charge in [-0.1, -0.05) is 27.7 Å². The van der Waals surface area contributed by atoms with Gasteiger partial charge in [-0.3, -0.25) is 38.6 Å². The fraction of sp³-hybridized carbons (Fsp3) is 0.714. The molecule has 6 N–H and O–H groups in total.